The Balaban J connectivity index is 2.05. The first kappa shape index (κ1) is 10.9. The summed E-state index contributed by atoms with van der Waals surface area (Å²) in [6.45, 7) is 3.54. The molecule has 1 aromatic heterocycles. The summed E-state index contributed by atoms with van der Waals surface area (Å²) < 4.78 is 5.70. The van der Waals surface area contributed by atoms with Gasteiger partial charge in [0.25, 0.3) is 0 Å². The number of rotatable bonds is 0. The number of ether oxygens (including phenoxy) is 1. The molecule has 5 nitrogen and oxygen atoms in total. The molecular formula is C11H15ClN4O. The normalized spacial score (nSPS) is 23.4. The lowest BCUT2D eigenvalue weighted by atomic mass is 10.1. The predicted molar refractivity (Wildman–Crippen MR) is 67.8 cm³/mol. The summed E-state index contributed by atoms with van der Waals surface area (Å²) in [5.74, 6) is 1.94. The number of nitrogens with one attached hydrogen (secondary N) is 1. The second-order valence-corrected chi connectivity index (χ2v) is 4.77. The first-order chi connectivity index (χ1) is 8.25. The molecule has 0 amide bonds. The smallest absolute Gasteiger partial charge is 0.173 e. The van der Waals surface area contributed by atoms with Gasteiger partial charge in [-0.05, 0) is 0 Å². The van der Waals surface area contributed by atoms with E-state index in [9.17, 15) is 0 Å². The first-order valence-electron chi connectivity index (χ1n) is 5.82. The molecule has 0 aliphatic carbocycles. The largest absolute Gasteiger partial charge is 0.490 e. The van der Waals surface area contributed by atoms with Gasteiger partial charge in [-0.1, -0.05) is 11.6 Å². The zero-order valence-corrected chi connectivity index (χ0v) is 10.2. The summed E-state index contributed by atoms with van der Waals surface area (Å²) in [6.07, 6.45) is 0.987. The number of fused-ring (bicyclic) bond motifs is 3. The minimum Gasteiger partial charge on any atom is -0.490 e. The summed E-state index contributed by atoms with van der Waals surface area (Å²) >= 11 is 5.98. The minimum atomic E-state index is 0.369. The van der Waals surface area contributed by atoms with Crippen LogP contribution in [0.15, 0.2) is 6.07 Å². The SMILES string of the molecule is Nc1nc2c(cc1Cl)OCCC1CNCCN21. The van der Waals surface area contributed by atoms with E-state index in [1.165, 1.54) is 0 Å². The number of hydrogen-bond donors (Lipinski definition) is 2. The molecular weight excluding hydrogens is 240 g/mol. The molecule has 17 heavy (non-hydrogen) atoms. The van der Waals surface area contributed by atoms with Crippen LogP contribution in [0, 0.1) is 0 Å². The molecule has 0 bridgehead atoms. The number of piperazine rings is 1. The van der Waals surface area contributed by atoms with E-state index in [2.05, 4.69) is 15.2 Å². The fourth-order valence-electron chi connectivity index (χ4n) is 2.39. The Morgan fingerprint density at radius 1 is 1.59 bits per heavy atom. The molecule has 6 heteroatoms. The van der Waals surface area contributed by atoms with E-state index in [4.69, 9.17) is 22.1 Å². The van der Waals surface area contributed by atoms with Gasteiger partial charge in [-0.25, -0.2) is 4.98 Å². The lowest BCUT2D eigenvalue weighted by molar-refractivity contribution is 0.303. The maximum absolute atomic E-state index is 5.98. The van der Waals surface area contributed by atoms with E-state index in [0.717, 1.165) is 37.6 Å². The summed E-state index contributed by atoms with van der Waals surface area (Å²) in [7, 11) is 0. The highest BCUT2D eigenvalue weighted by atomic mass is 35.5. The highest BCUT2D eigenvalue weighted by molar-refractivity contribution is 6.33. The summed E-state index contributed by atoms with van der Waals surface area (Å²) in [5.41, 5.74) is 5.78. The molecule has 0 spiro atoms. The van der Waals surface area contributed by atoms with Gasteiger partial charge in [0, 0.05) is 38.2 Å². The van der Waals surface area contributed by atoms with Crippen LogP contribution in [0.25, 0.3) is 0 Å². The zero-order valence-electron chi connectivity index (χ0n) is 9.45. The van der Waals surface area contributed by atoms with Crippen molar-refractivity contribution in [2.24, 2.45) is 0 Å². The van der Waals surface area contributed by atoms with E-state index in [0.29, 0.717) is 23.5 Å². The van der Waals surface area contributed by atoms with Crippen molar-refractivity contribution in [2.45, 2.75) is 12.5 Å². The highest BCUT2D eigenvalue weighted by Gasteiger charge is 2.29. The standard InChI is InChI=1S/C11H15ClN4O/c12-8-5-9-11(15-10(8)13)16-3-2-14-6-7(16)1-4-17-9/h5,7,14H,1-4,6H2,(H2,13,15). The maximum Gasteiger partial charge on any atom is 0.173 e. The molecule has 1 aromatic rings. The van der Waals surface area contributed by atoms with Crippen molar-refractivity contribution >= 4 is 23.2 Å². The lowest BCUT2D eigenvalue weighted by Crippen LogP contribution is -2.51. The minimum absolute atomic E-state index is 0.369. The molecule has 1 unspecified atom stereocenters. The Bertz CT molecular complexity index is 440. The third kappa shape index (κ3) is 1.89. The van der Waals surface area contributed by atoms with Crippen LogP contribution in [0.2, 0.25) is 5.02 Å². The van der Waals surface area contributed by atoms with Crippen LogP contribution in [0.5, 0.6) is 5.75 Å². The van der Waals surface area contributed by atoms with Gasteiger partial charge < -0.3 is 20.7 Å². The Morgan fingerprint density at radius 3 is 3.35 bits per heavy atom. The zero-order chi connectivity index (χ0) is 11.8. The Morgan fingerprint density at radius 2 is 2.47 bits per heavy atom. The van der Waals surface area contributed by atoms with Crippen molar-refractivity contribution in [3.05, 3.63) is 11.1 Å². The van der Waals surface area contributed by atoms with Crippen molar-refractivity contribution in [3.63, 3.8) is 0 Å². The van der Waals surface area contributed by atoms with Crippen LogP contribution in [-0.2, 0) is 0 Å². The van der Waals surface area contributed by atoms with Crippen molar-refractivity contribution < 1.29 is 4.74 Å². The number of hydrogen-bond acceptors (Lipinski definition) is 5. The molecule has 0 saturated carbocycles. The molecule has 3 rings (SSSR count). The van der Waals surface area contributed by atoms with Gasteiger partial charge >= 0.3 is 0 Å². The number of nitrogens with two attached hydrogens (primary N) is 1. The van der Waals surface area contributed by atoms with Gasteiger partial charge in [-0.3, -0.25) is 0 Å². The average Bonchev–Trinajstić information content (AvgIpc) is 2.50. The fraction of sp³-hybridized carbons (Fsp3) is 0.545. The number of halogens is 1. The van der Waals surface area contributed by atoms with Crippen LogP contribution in [0.1, 0.15) is 6.42 Å². The van der Waals surface area contributed by atoms with Gasteiger partial charge in [0.05, 0.1) is 11.6 Å². The van der Waals surface area contributed by atoms with Crippen molar-refractivity contribution in [1.29, 1.82) is 0 Å². The molecule has 0 radical (unpaired) electrons. The molecule has 1 atom stereocenters. The number of pyridine rings is 1. The Hall–Kier alpha value is -1.20. The maximum atomic E-state index is 5.98. The molecule has 0 aromatic carbocycles. The van der Waals surface area contributed by atoms with Crippen LogP contribution >= 0.6 is 11.6 Å². The molecule has 2 aliphatic heterocycles. The molecule has 92 valence electrons. The van der Waals surface area contributed by atoms with Gasteiger partial charge in [-0.2, -0.15) is 0 Å². The van der Waals surface area contributed by atoms with E-state index in [1.54, 1.807) is 6.07 Å². The lowest BCUT2D eigenvalue weighted by Gasteiger charge is -2.35. The van der Waals surface area contributed by atoms with Gasteiger partial charge in [0.2, 0.25) is 0 Å². The second kappa shape index (κ2) is 4.23. The Labute approximate surface area is 105 Å². The van der Waals surface area contributed by atoms with E-state index >= 15 is 0 Å². The molecule has 1 saturated heterocycles. The third-order valence-electron chi connectivity index (χ3n) is 3.28. The third-order valence-corrected chi connectivity index (χ3v) is 3.58. The van der Waals surface area contributed by atoms with Crippen molar-refractivity contribution in [3.8, 4) is 5.75 Å². The summed E-state index contributed by atoms with van der Waals surface area (Å²) in [4.78, 5) is 6.65. The van der Waals surface area contributed by atoms with Crippen molar-refractivity contribution in [1.82, 2.24) is 10.3 Å². The molecule has 1 fully saturated rings. The predicted octanol–water partition coefficient (Wildman–Crippen LogP) is 0.878. The topological polar surface area (TPSA) is 63.4 Å². The number of nitrogens with zero attached hydrogens (tertiary/aromatic N) is 2. The van der Waals surface area contributed by atoms with E-state index < -0.39 is 0 Å². The van der Waals surface area contributed by atoms with E-state index in [-0.39, 0.29) is 0 Å². The summed E-state index contributed by atoms with van der Waals surface area (Å²) in [6, 6.07) is 2.20. The number of anilines is 2. The molecule has 2 aliphatic rings. The van der Waals surface area contributed by atoms with Crippen LogP contribution < -0.4 is 20.7 Å². The van der Waals surface area contributed by atoms with Gasteiger partial charge in [0.1, 0.15) is 5.82 Å². The quantitative estimate of drug-likeness (QED) is 0.720. The van der Waals surface area contributed by atoms with Crippen molar-refractivity contribution in [2.75, 3.05) is 36.9 Å². The Kier molecular flexibility index (Phi) is 2.72. The highest BCUT2D eigenvalue weighted by Crippen LogP contribution is 2.36. The summed E-state index contributed by atoms with van der Waals surface area (Å²) in [5, 5.41) is 3.84. The van der Waals surface area contributed by atoms with E-state index in [1.807, 2.05) is 0 Å². The molecule has 3 heterocycles. The van der Waals surface area contributed by atoms with Crippen LogP contribution in [-0.4, -0.2) is 37.3 Å². The van der Waals surface area contributed by atoms with Crippen LogP contribution in [0.3, 0.4) is 0 Å². The number of aromatic nitrogens is 1. The monoisotopic (exact) mass is 254 g/mol. The fourth-order valence-corrected chi connectivity index (χ4v) is 2.53. The second-order valence-electron chi connectivity index (χ2n) is 4.37. The average molecular weight is 255 g/mol. The number of nitrogen functional groups attached to an aromatic ring is 1. The van der Waals surface area contributed by atoms with Gasteiger partial charge in [-0.15, -0.1) is 0 Å². The first-order valence-corrected chi connectivity index (χ1v) is 6.19. The molecule has 3 N–H and O–H groups in total. The van der Waals surface area contributed by atoms with Crippen LogP contribution in [0.4, 0.5) is 11.6 Å². The van der Waals surface area contributed by atoms with Gasteiger partial charge in [0.15, 0.2) is 11.6 Å².